The van der Waals surface area contributed by atoms with Gasteiger partial charge in [0.15, 0.2) is 5.72 Å². The second-order valence-corrected chi connectivity index (χ2v) is 5.80. The molecule has 0 bridgehead atoms. The van der Waals surface area contributed by atoms with Gasteiger partial charge in [0.1, 0.15) is 5.75 Å². The Balaban J connectivity index is 1.83. The molecule has 0 fully saturated rings. The fourth-order valence-corrected chi connectivity index (χ4v) is 2.80. The van der Waals surface area contributed by atoms with Crippen LogP contribution in [-0.2, 0) is 16.9 Å². The van der Waals surface area contributed by atoms with Crippen molar-refractivity contribution in [3.8, 4) is 5.75 Å². The first kappa shape index (κ1) is 16.1. The van der Waals surface area contributed by atoms with Crippen LogP contribution in [0.5, 0.6) is 5.75 Å². The molecule has 1 aliphatic heterocycles. The van der Waals surface area contributed by atoms with Crippen LogP contribution in [0.25, 0.3) is 0 Å². The summed E-state index contributed by atoms with van der Waals surface area (Å²) in [7, 11) is 1.59. The van der Waals surface area contributed by atoms with Crippen LogP contribution in [0, 0.1) is 0 Å². The Labute approximate surface area is 140 Å². The van der Waals surface area contributed by atoms with Gasteiger partial charge in [0.25, 0.3) is 0 Å². The summed E-state index contributed by atoms with van der Waals surface area (Å²) in [5, 5.41) is 16.5. The number of hydrogen-bond acceptors (Lipinski definition) is 5. The van der Waals surface area contributed by atoms with Crippen molar-refractivity contribution in [2.24, 2.45) is 5.10 Å². The van der Waals surface area contributed by atoms with Gasteiger partial charge in [-0.25, -0.2) is 0 Å². The second kappa shape index (κ2) is 6.41. The smallest absolute Gasteiger partial charge is 0.250 e. The van der Waals surface area contributed by atoms with E-state index >= 15 is 0 Å². The molecule has 0 saturated carbocycles. The highest BCUT2D eigenvalue weighted by molar-refractivity contribution is 5.89. The number of rotatable bonds is 4. The van der Waals surface area contributed by atoms with Crippen molar-refractivity contribution in [1.29, 1.82) is 0 Å². The van der Waals surface area contributed by atoms with E-state index in [1.807, 2.05) is 12.1 Å². The monoisotopic (exact) mass is 325 g/mol. The van der Waals surface area contributed by atoms with Gasteiger partial charge in [0.2, 0.25) is 5.91 Å². The molecule has 0 saturated heterocycles. The van der Waals surface area contributed by atoms with E-state index < -0.39 is 5.72 Å². The van der Waals surface area contributed by atoms with Gasteiger partial charge in [-0.1, -0.05) is 18.2 Å². The first-order valence-electron chi connectivity index (χ1n) is 7.66. The van der Waals surface area contributed by atoms with Crippen molar-refractivity contribution >= 4 is 11.6 Å². The molecule has 3 rings (SSSR count). The van der Waals surface area contributed by atoms with E-state index in [-0.39, 0.29) is 18.7 Å². The van der Waals surface area contributed by atoms with E-state index in [4.69, 9.17) is 4.74 Å². The number of nitrogens with zero attached hydrogens (tertiary/aromatic N) is 3. The highest BCUT2D eigenvalue weighted by Gasteiger charge is 2.44. The number of amides is 1. The van der Waals surface area contributed by atoms with Gasteiger partial charge >= 0.3 is 0 Å². The Morgan fingerprint density at radius 2 is 2.08 bits per heavy atom. The lowest BCUT2D eigenvalue weighted by Gasteiger charge is -2.31. The Morgan fingerprint density at radius 3 is 2.71 bits per heavy atom. The highest BCUT2D eigenvalue weighted by Crippen LogP contribution is 2.35. The van der Waals surface area contributed by atoms with Gasteiger partial charge < -0.3 is 9.84 Å². The SMILES string of the molecule is COc1ccc(CC(=O)N2N=C(C)C[C@@]2(O)c2cccnc2)cc1. The van der Waals surface area contributed by atoms with E-state index in [9.17, 15) is 9.90 Å². The Hall–Kier alpha value is -2.73. The summed E-state index contributed by atoms with van der Waals surface area (Å²) >= 11 is 0. The molecule has 1 N–H and O–H groups in total. The van der Waals surface area contributed by atoms with Crippen LogP contribution in [-0.4, -0.2) is 33.8 Å². The highest BCUT2D eigenvalue weighted by atomic mass is 16.5. The average molecular weight is 325 g/mol. The minimum absolute atomic E-state index is 0.142. The van der Waals surface area contributed by atoms with E-state index in [0.29, 0.717) is 11.3 Å². The van der Waals surface area contributed by atoms with Gasteiger partial charge in [-0.15, -0.1) is 0 Å². The molecule has 6 nitrogen and oxygen atoms in total. The third kappa shape index (κ3) is 3.00. The van der Waals surface area contributed by atoms with Gasteiger partial charge in [0, 0.05) is 30.1 Å². The Kier molecular flexibility index (Phi) is 4.31. The van der Waals surface area contributed by atoms with Crippen molar-refractivity contribution < 1.29 is 14.6 Å². The number of aliphatic hydroxyl groups is 1. The van der Waals surface area contributed by atoms with Gasteiger partial charge in [0.05, 0.1) is 13.5 Å². The predicted octanol–water partition coefficient (Wildman–Crippen LogP) is 2.09. The molecule has 0 spiro atoms. The number of hydrazone groups is 1. The maximum Gasteiger partial charge on any atom is 0.250 e. The topological polar surface area (TPSA) is 75.0 Å². The van der Waals surface area contributed by atoms with Crippen molar-refractivity contribution in [3.63, 3.8) is 0 Å². The molecule has 0 aliphatic carbocycles. The summed E-state index contributed by atoms with van der Waals surface area (Å²) in [6.07, 6.45) is 3.59. The quantitative estimate of drug-likeness (QED) is 0.934. The summed E-state index contributed by atoms with van der Waals surface area (Å²) in [6.45, 7) is 1.79. The lowest BCUT2D eigenvalue weighted by molar-refractivity contribution is -0.157. The summed E-state index contributed by atoms with van der Waals surface area (Å²) in [4.78, 5) is 16.7. The first-order chi connectivity index (χ1) is 11.5. The zero-order chi connectivity index (χ0) is 17.2. The Bertz CT molecular complexity index is 759. The van der Waals surface area contributed by atoms with Crippen LogP contribution in [0.15, 0.2) is 53.9 Å². The number of methoxy groups -OCH3 is 1. The second-order valence-electron chi connectivity index (χ2n) is 5.80. The molecule has 0 unspecified atom stereocenters. The molecule has 24 heavy (non-hydrogen) atoms. The first-order valence-corrected chi connectivity index (χ1v) is 7.66. The summed E-state index contributed by atoms with van der Waals surface area (Å²) in [5.74, 6) is 0.455. The molecule has 124 valence electrons. The number of hydrogen-bond donors (Lipinski definition) is 1. The molecular weight excluding hydrogens is 306 g/mol. The molecule has 2 heterocycles. The van der Waals surface area contributed by atoms with Crippen molar-refractivity contribution in [3.05, 3.63) is 59.9 Å². The van der Waals surface area contributed by atoms with Crippen LogP contribution in [0.3, 0.4) is 0 Å². The van der Waals surface area contributed by atoms with Crippen molar-refractivity contribution in [2.45, 2.75) is 25.5 Å². The summed E-state index contributed by atoms with van der Waals surface area (Å²) in [5.41, 5.74) is 0.592. The number of carbonyl (C=O) groups excluding carboxylic acids is 1. The average Bonchev–Trinajstić information content (AvgIpc) is 2.92. The Morgan fingerprint density at radius 1 is 1.33 bits per heavy atom. The largest absolute Gasteiger partial charge is 0.497 e. The number of aromatic nitrogens is 1. The predicted molar refractivity (Wildman–Crippen MR) is 89.4 cm³/mol. The third-order valence-electron chi connectivity index (χ3n) is 4.00. The molecule has 1 aromatic carbocycles. The molecule has 1 atom stereocenters. The van der Waals surface area contributed by atoms with Crippen molar-refractivity contribution in [1.82, 2.24) is 9.99 Å². The summed E-state index contributed by atoms with van der Waals surface area (Å²) in [6, 6.07) is 10.7. The number of pyridine rings is 1. The lowest BCUT2D eigenvalue weighted by Crippen LogP contribution is -2.44. The fraction of sp³-hybridized carbons (Fsp3) is 0.278. The number of carbonyl (C=O) groups is 1. The van der Waals surface area contributed by atoms with Crippen LogP contribution in [0.2, 0.25) is 0 Å². The van der Waals surface area contributed by atoms with E-state index in [1.165, 1.54) is 5.01 Å². The number of ether oxygens (including phenoxy) is 1. The van der Waals surface area contributed by atoms with Crippen molar-refractivity contribution in [2.75, 3.05) is 7.11 Å². The third-order valence-corrected chi connectivity index (χ3v) is 4.00. The van der Waals surface area contributed by atoms with Crippen LogP contribution in [0.4, 0.5) is 0 Å². The zero-order valence-electron chi connectivity index (χ0n) is 13.6. The summed E-state index contributed by atoms with van der Waals surface area (Å²) < 4.78 is 5.11. The maximum atomic E-state index is 12.7. The van der Waals surface area contributed by atoms with E-state index in [1.54, 1.807) is 50.7 Å². The van der Waals surface area contributed by atoms with Gasteiger partial charge in [-0.2, -0.15) is 10.1 Å². The van der Waals surface area contributed by atoms with E-state index in [2.05, 4.69) is 10.1 Å². The standard InChI is InChI=1S/C18H19N3O3/c1-13-11-18(23,15-4-3-9-19-12-15)21(20-13)17(22)10-14-5-7-16(24-2)8-6-14/h3-9,12,23H,10-11H2,1-2H3/t18-/m1/s1. The van der Waals surface area contributed by atoms with E-state index in [0.717, 1.165) is 11.3 Å². The minimum Gasteiger partial charge on any atom is -0.497 e. The van der Waals surface area contributed by atoms with Gasteiger partial charge in [-0.3, -0.25) is 9.78 Å². The lowest BCUT2D eigenvalue weighted by atomic mass is 9.99. The van der Waals surface area contributed by atoms with Crippen LogP contribution in [0.1, 0.15) is 24.5 Å². The molecule has 1 amide bonds. The normalized spacial score (nSPS) is 20.0. The molecule has 6 heteroatoms. The van der Waals surface area contributed by atoms with Crippen LogP contribution >= 0.6 is 0 Å². The minimum atomic E-state index is -1.48. The zero-order valence-corrected chi connectivity index (χ0v) is 13.6. The molecule has 0 radical (unpaired) electrons. The maximum absolute atomic E-state index is 12.7. The fourth-order valence-electron chi connectivity index (χ4n) is 2.80. The van der Waals surface area contributed by atoms with Gasteiger partial charge in [-0.05, 0) is 30.7 Å². The molecular formula is C18H19N3O3. The number of benzene rings is 1. The molecule has 1 aliphatic rings. The molecule has 1 aromatic heterocycles. The molecule has 2 aromatic rings. The van der Waals surface area contributed by atoms with Crippen LogP contribution < -0.4 is 4.74 Å².